The summed E-state index contributed by atoms with van der Waals surface area (Å²) in [5, 5.41) is 21.0. The predicted octanol–water partition coefficient (Wildman–Crippen LogP) is 0.378. The number of carbonyl (C=O) groups excluding carboxylic acids is 1. The van der Waals surface area contributed by atoms with Crippen LogP contribution in [0.2, 0.25) is 0 Å². The Hall–Kier alpha value is -2.08. The number of hydrogen-bond acceptors (Lipinski definition) is 4. The summed E-state index contributed by atoms with van der Waals surface area (Å²) in [4.78, 5) is 14.0. The van der Waals surface area contributed by atoms with Gasteiger partial charge in [-0.25, -0.2) is 0 Å². The van der Waals surface area contributed by atoms with E-state index in [0.29, 0.717) is 37.1 Å². The smallest absolute Gasteiger partial charge is 0.253 e. The average molecular weight is 263 g/mol. The lowest BCUT2D eigenvalue weighted by molar-refractivity contribution is 0.0546. The molecule has 2 rings (SSSR count). The van der Waals surface area contributed by atoms with Crippen molar-refractivity contribution in [2.45, 2.75) is 18.9 Å². The van der Waals surface area contributed by atoms with E-state index in [2.05, 4.69) is 5.16 Å². The molecule has 1 aliphatic rings. The molecule has 1 aromatic carbocycles. The zero-order valence-corrected chi connectivity index (χ0v) is 10.5. The molecule has 0 radical (unpaired) electrons. The number of amides is 1. The molecule has 0 atom stereocenters. The number of oxime groups is 1. The Kier molecular flexibility index (Phi) is 4.01. The molecule has 0 saturated carbocycles. The molecule has 0 unspecified atom stereocenters. The molecule has 0 aliphatic carbocycles. The van der Waals surface area contributed by atoms with Gasteiger partial charge in [-0.2, -0.15) is 0 Å². The Labute approximate surface area is 111 Å². The summed E-state index contributed by atoms with van der Waals surface area (Å²) in [6, 6.07) is 6.66. The number of aliphatic hydroxyl groups is 1. The minimum absolute atomic E-state index is 0.0243. The molecule has 1 saturated heterocycles. The Morgan fingerprint density at radius 2 is 1.95 bits per heavy atom. The lowest BCUT2D eigenvalue weighted by atomic mass is 10.1. The van der Waals surface area contributed by atoms with Crippen LogP contribution >= 0.6 is 0 Å². The van der Waals surface area contributed by atoms with Crippen LogP contribution in [0.5, 0.6) is 0 Å². The lowest BCUT2D eigenvalue weighted by Crippen LogP contribution is -2.40. The summed E-state index contributed by atoms with van der Waals surface area (Å²) in [5.41, 5.74) is 6.51. The summed E-state index contributed by atoms with van der Waals surface area (Å²) in [5.74, 6) is -0.122. The van der Waals surface area contributed by atoms with Crippen LogP contribution in [-0.2, 0) is 0 Å². The van der Waals surface area contributed by atoms with E-state index < -0.39 is 0 Å². The van der Waals surface area contributed by atoms with E-state index in [0.717, 1.165) is 0 Å². The molecule has 0 aromatic heterocycles. The highest BCUT2D eigenvalue weighted by molar-refractivity contribution is 6.01. The van der Waals surface area contributed by atoms with Crippen LogP contribution in [0.3, 0.4) is 0 Å². The van der Waals surface area contributed by atoms with E-state index in [9.17, 15) is 9.90 Å². The van der Waals surface area contributed by atoms with Gasteiger partial charge in [0.05, 0.1) is 6.10 Å². The largest absolute Gasteiger partial charge is 0.409 e. The molecule has 0 spiro atoms. The molecule has 1 amide bonds. The van der Waals surface area contributed by atoms with Crippen molar-refractivity contribution in [2.24, 2.45) is 10.9 Å². The van der Waals surface area contributed by atoms with Crippen LogP contribution in [0.4, 0.5) is 0 Å². The molecule has 6 heteroatoms. The Balaban J connectivity index is 2.15. The first-order chi connectivity index (χ1) is 9.11. The monoisotopic (exact) mass is 263 g/mol. The molecule has 1 fully saturated rings. The standard InChI is InChI=1S/C13H17N3O3/c14-12(15-19)9-2-1-3-10(8-9)13(18)16-6-4-11(17)5-7-16/h1-3,8,11,17,19H,4-7H2,(H2,14,15). The third-order valence-electron chi connectivity index (χ3n) is 3.26. The Morgan fingerprint density at radius 3 is 2.58 bits per heavy atom. The Morgan fingerprint density at radius 1 is 1.32 bits per heavy atom. The van der Waals surface area contributed by atoms with Crippen molar-refractivity contribution in [1.82, 2.24) is 4.90 Å². The van der Waals surface area contributed by atoms with Crippen molar-refractivity contribution in [3.05, 3.63) is 35.4 Å². The first-order valence-electron chi connectivity index (χ1n) is 6.17. The molecule has 6 nitrogen and oxygen atoms in total. The van der Waals surface area contributed by atoms with E-state index in [1.807, 2.05) is 0 Å². The zero-order valence-electron chi connectivity index (χ0n) is 10.5. The maximum Gasteiger partial charge on any atom is 0.253 e. The van der Waals surface area contributed by atoms with Crippen molar-refractivity contribution in [2.75, 3.05) is 13.1 Å². The second-order valence-electron chi connectivity index (χ2n) is 4.59. The molecule has 4 N–H and O–H groups in total. The number of hydrogen-bond donors (Lipinski definition) is 3. The number of carbonyl (C=O) groups is 1. The fraction of sp³-hybridized carbons (Fsp3) is 0.385. The van der Waals surface area contributed by atoms with E-state index in [-0.39, 0.29) is 17.8 Å². The van der Waals surface area contributed by atoms with Gasteiger partial charge in [-0.1, -0.05) is 17.3 Å². The van der Waals surface area contributed by atoms with Gasteiger partial charge in [0.15, 0.2) is 5.84 Å². The van der Waals surface area contributed by atoms with E-state index >= 15 is 0 Å². The molecule has 102 valence electrons. The third kappa shape index (κ3) is 3.03. The van der Waals surface area contributed by atoms with Crippen molar-refractivity contribution in [3.8, 4) is 0 Å². The second-order valence-corrected chi connectivity index (χ2v) is 4.59. The summed E-state index contributed by atoms with van der Waals surface area (Å²) in [6.45, 7) is 1.10. The summed E-state index contributed by atoms with van der Waals surface area (Å²) < 4.78 is 0. The summed E-state index contributed by atoms with van der Waals surface area (Å²) in [6.07, 6.45) is 0.893. The van der Waals surface area contributed by atoms with Crippen LogP contribution in [0.1, 0.15) is 28.8 Å². The zero-order chi connectivity index (χ0) is 13.8. The van der Waals surface area contributed by atoms with E-state index in [1.54, 1.807) is 29.2 Å². The minimum atomic E-state index is -0.312. The number of piperidine rings is 1. The predicted molar refractivity (Wildman–Crippen MR) is 70.1 cm³/mol. The van der Waals surface area contributed by atoms with Gasteiger partial charge in [-0.05, 0) is 25.0 Å². The summed E-state index contributed by atoms with van der Waals surface area (Å²) >= 11 is 0. The lowest BCUT2D eigenvalue weighted by Gasteiger charge is -2.29. The summed E-state index contributed by atoms with van der Waals surface area (Å²) in [7, 11) is 0. The normalized spacial score (nSPS) is 17.5. The number of benzene rings is 1. The average Bonchev–Trinajstić information content (AvgIpc) is 2.46. The van der Waals surface area contributed by atoms with Crippen LogP contribution in [0, 0.1) is 0 Å². The highest BCUT2D eigenvalue weighted by Crippen LogP contribution is 2.14. The van der Waals surface area contributed by atoms with Crippen molar-refractivity contribution in [3.63, 3.8) is 0 Å². The van der Waals surface area contributed by atoms with Gasteiger partial charge < -0.3 is 20.9 Å². The van der Waals surface area contributed by atoms with Gasteiger partial charge in [-0.15, -0.1) is 0 Å². The van der Waals surface area contributed by atoms with Crippen LogP contribution in [0.25, 0.3) is 0 Å². The van der Waals surface area contributed by atoms with Gasteiger partial charge >= 0.3 is 0 Å². The van der Waals surface area contributed by atoms with Crippen LogP contribution < -0.4 is 5.73 Å². The van der Waals surface area contributed by atoms with E-state index in [1.165, 1.54) is 0 Å². The molecule has 0 bridgehead atoms. The number of nitrogens with zero attached hydrogens (tertiary/aromatic N) is 2. The van der Waals surface area contributed by atoms with Crippen LogP contribution in [0.15, 0.2) is 29.4 Å². The highest BCUT2D eigenvalue weighted by atomic mass is 16.4. The molecular formula is C13H17N3O3. The highest BCUT2D eigenvalue weighted by Gasteiger charge is 2.22. The molecular weight excluding hydrogens is 246 g/mol. The van der Waals surface area contributed by atoms with Crippen molar-refractivity contribution >= 4 is 11.7 Å². The Bertz CT molecular complexity index is 494. The van der Waals surface area contributed by atoms with Gasteiger partial charge in [0, 0.05) is 24.2 Å². The molecule has 1 aliphatic heterocycles. The van der Waals surface area contributed by atoms with Crippen molar-refractivity contribution < 1.29 is 15.1 Å². The van der Waals surface area contributed by atoms with Gasteiger partial charge in [0.1, 0.15) is 0 Å². The fourth-order valence-corrected chi connectivity index (χ4v) is 2.12. The molecule has 19 heavy (non-hydrogen) atoms. The first kappa shape index (κ1) is 13.4. The van der Waals surface area contributed by atoms with Gasteiger partial charge in [-0.3, -0.25) is 4.79 Å². The van der Waals surface area contributed by atoms with E-state index in [4.69, 9.17) is 10.9 Å². The SMILES string of the molecule is N/C(=N\O)c1cccc(C(=O)N2CCC(O)CC2)c1. The first-order valence-corrected chi connectivity index (χ1v) is 6.17. The number of rotatable bonds is 2. The minimum Gasteiger partial charge on any atom is -0.409 e. The molecule has 1 heterocycles. The van der Waals surface area contributed by atoms with Crippen LogP contribution in [-0.4, -0.2) is 46.1 Å². The number of likely N-dealkylation sites (tertiary alicyclic amines) is 1. The number of nitrogens with two attached hydrogens (primary N) is 1. The van der Waals surface area contributed by atoms with Gasteiger partial charge in [0.25, 0.3) is 5.91 Å². The topological polar surface area (TPSA) is 99.2 Å². The number of aliphatic hydroxyl groups excluding tert-OH is 1. The van der Waals surface area contributed by atoms with Crippen molar-refractivity contribution in [1.29, 1.82) is 0 Å². The fourth-order valence-electron chi connectivity index (χ4n) is 2.12. The van der Waals surface area contributed by atoms with Gasteiger partial charge in [0.2, 0.25) is 0 Å². The second kappa shape index (κ2) is 5.71. The maximum absolute atomic E-state index is 12.3. The molecule has 1 aromatic rings. The third-order valence-corrected chi connectivity index (χ3v) is 3.26. The number of amidine groups is 1. The maximum atomic E-state index is 12.3. The quantitative estimate of drug-likeness (QED) is 0.311.